The molecule has 0 aliphatic carbocycles. The number of hydrogen-bond donors (Lipinski definition) is 1. The lowest BCUT2D eigenvalue weighted by Crippen LogP contribution is -2.48. The number of likely N-dealkylation sites (tertiary alicyclic amines) is 1. The molecular weight excluding hydrogens is 378 g/mol. The number of nitrogens with zero attached hydrogens (tertiary/aromatic N) is 3. The molecule has 0 bridgehead atoms. The van der Waals surface area contributed by atoms with Crippen LogP contribution in [0.2, 0.25) is 0 Å². The molecule has 0 radical (unpaired) electrons. The van der Waals surface area contributed by atoms with Crippen molar-refractivity contribution in [2.45, 2.75) is 38.6 Å². The zero-order valence-corrected chi connectivity index (χ0v) is 16.5. The van der Waals surface area contributed by atoms with Crippen LogP contribution in [0.15, 0.2) is 36.7 Å². The minimum absolute atomic E-state index is 0.0456. The van der Waals surface area contributed by atoms with E-state index in [1.807, 2.05) is 13.8 Å². The maximum absolute atomic E-state index is 14.0. The molecule has 0 spiro atoms. The van der Waals surface area contributed by atoms with E-state index in [9.17, 15) is 18.4 Å². The smallest absolute Gasteiger partial charge is 0.257 e. The van der Waals surface area contributed by atoms with Crippen LogP contribution in [0.1, 0.15) is 42.9 Å². The fraction of sp³-hybridized carbons (Fsp3) is 0.429. The van der Waals surface area contributed by atoms with Gasteiger partial charge in [0.1, 0.15) is 11.6 Å². The van der Waals surface area contributed by atoms with Crippen LogP contribution in [0.5, 0.6) is 0 Å². The topological polar surface area (TPSA) is 75.2 Å². The van der Waals surface area contributed by atoms with Crippen LogP contribution in [-0.4, -0.2) is 45.3 Å². The minimum Gasteiger partial charge on any atom is -0.356 e. The Balaban J connectivity index is 1.54. The van der Waals surface area contributed by atoms with Gasteiger partial charge < -0.3 is 10.2 Å². The fourth-order valence-electron chi connectivity index (χ4n) is 3.66. The maximum Gasteiger partial charge on any atom is 0.257 e. The first-order valence-electron chi connectivity index (χ1n) is 9.58. The third-order valence-corrected chi connectivity index (χ3v) is 5.54. The van der Waals surface area contributed by atoms with Crippen LogP contribution in [-0.2, 0) is 11.2 Å². The molecule has 154 valence electrons. The normalized spacial score (nSPS) is 17.9. The largest absolute Gasteiger partial charge is 0.356 e. The highest BCUT2D eigenvalue weighted by Gasteiger charge is 2.44. The predicted octanol–water partition coefficient (Wildman–Crippen LogP) is 2.74. The van der Waals surface area contributed by atoms with Crippen molar-refractivity contribution in [3.8, 4) is 0 Å². The standard InChI is InChI=1S/C21H24F2N4O2/c1-21(2)14(9-10-27(21)20(29)16-5-3-4-6-17(16)23)11-26-19(28)8-7-18-24-12-15(22)13-25-18/h3-6,12-14H,7-11H2,1-2H3,(H,26,28). The lowest BCUT2D eigenvalue weighted by atomic mass is 9.88. The minimum atomic E-state index is -0.534. The van der Waals surface area contributed by atoms with Crippen molar-refractivity contribution in [3.05, 3.63) is 59.7 Å². The summed E-state index contributed by atoms with van der Waals surface area (Å²) in [4.78, 5) is 34.3. The second kappa shape index (κ2) is 8.63. The number of hydrogen-bond acceptors (Lipinski definition) is 4. The molecule has 2 aromatic rings. The summed E-state index contributed by atoms with van der Waals surface area (Å²) < 4.78 is 26.8. The summed E-state index contributed by atoms with van der Waals surface area (Å²) in [5.74, 6) is -1.10. The van der Waals surface area contributed by atoms with Gasteiger partial charge in [-0.3, -0.25) is 9.59 Å². The van der Waals surface area contributed by atoms with Crippen molar-refractivity contribution in [1.29, 1.82) is 0 Å². The Bertz CT molecular complexity index is 887. The molecule has 1 atom stereocenters. The average Bonchev–Trinajstić information content (AvgIpc) is 2.99. The van der Waals surface area contributed by atoms with Gasteiger partial charge in [-0.25, -0.2) is 18.7 Å². The Labute approximate surface area is 168 Å². The highest BCUT2D eigenvalue weighted by Crippen LogP contribution is 2.35. The van der Waals surface area contributed by atoms with E-state index in [0.717, 1.165) is 12.4 Å². The molecule has 1 aliphatic rings. The van der Waals surface area contributed by atoms with Crippen LogP contribution in [0.25, 0.3) is 0 Å². The zero-order chi connectivity index (χ0) is 21.0. The predicted molar refractivity (Wildman–Crippen MR) is 103 cm³/mol. The van der Waals surface area contributed by atoms with Crippen LogP contribution < -0.4 is 5.32 Å². The molecule has 1 unspecified atom stereocenters. The second-order valence-electron chi connectivity index (χ2n) is 7.70. The SMILES string of the molecule is CC1(C)C(CNC(=O)CCc2ncc(F)cn2)CCN1C(=O)c1ccccc1F. The Morgan fingerprint density at radius 3 is 2.59 bits per heavy atom. The summed E-state index contributed by atoms with van der Waals surface area (Å²) in [5.41, 5.74) is -0.461. The van der Waals surface area contributed by atoms with Crippen molar-refractivity contribution in [1.82, 2.24) is 20.2 Å². The zero-order valence-electron chi connectivity index (χ0n) is 16.5. The summed E-state index contributed by atoms with van der Waals surface area (Å²) in [6, 6.07) is 5.96. The van der Waals surface area contributed by atoms with Gasteiger partial charge in [-0.2, -0.15) is 0 Å². The molecule has 1 saturated heterocycles. The molecule has 29 heavy (non-hydrogen) atoms. The molecule has 3 rings (SSSR count). The lowest BCUT2D eigenvalue weighted by Gasteiger charge is -2.36. The van der Waals surface area contributed by atoms with Gasteiger partial charge >= 0.3 is 0 Å². The molecule has 1 aromatic carbocycles. The fourth-order valence-corrected chi connectivity index (χ4v) is 3.66. The second-order valence-corrected chi connectivity index (χ2v) is 7.70. The Kier molecular flexibility index (Phi) is 6.20. The molecule has 2 amide bonds. The molecule has 2 heterocycles. The first-order valence-corrected chi connectivity index (χ1v) is 9.58. The van der Waals surface area contributed by atoms with Crippen molar-refractivity contribution in [2.24, 2.45) is 5.92 Å². The summed E-state index contributed by atoms with van der Waals surface area (Å²) in [7, 11) is 0. The quantitative estimate of drug-likeness (QED) is 0.806. The van der Waals surface area contributed by atoms with Gasteiger partial charge in [0.25, 0.3) is 5.91 Å². The Hall–Kier alpha value is -2.90. The molecule has 8 heteroatoms. The van der Waals surface area contributed by atoms with Gasteiger partial charge in [-0.1, -0.05) is 12.1 Å². The monoisotopic (exact) mass is 402 g/mol. The maximum atomic E-state index is 14.0. The van der Waals surface area contributed by atoms with E-state index < -0.39 is 17.2 Å². The summed E-state index contributed by atoms with van der Waals surface area (Å²) >= 11 is 0. The van der Waals surface area contributed by atoms with Gasteiger partial charge in [0, 0.05) is 37.4 Å². The first-order chi connectivity index (χ1) is 13.8. The van der Waals surface area contributed by atoms with Gasteiger partial charge in [0.05, 0.1) is 18.0 Å². The van der Waals surface area contributed by atoms with Gasteiger partial charge in [0.15, 0.2) is 5.82 Å². The highest BCUT2D eigenvalue weighted by molar-refractivity contribution is 5.95. The molecule has 6 nitrogen and oxygen atoms in total. The molecule has 1 aliphatic heterocycles. The average molecular weight is 402 g/mol. The Morgan fingerprint density at radius 1 is 1.21 bits per heavy atom. The van der Waals surface area contributed by atoms with Gasteiger partial charge in [-0.05, 0) is 32.4 Å². The summed E-state index contributed by atoms with van der Waals surface area (Å²) in [6.07, 6.45) is 3.37. The number of amides is 2. The van der Waals surface area contributed by atoms with Crippen LogP contribution in [0.3, 0.4) is 0 Å². The highest BCUT2D eigenvalue weighted by atomic mass is 19.1. The number of benzene rings is 1. The van der Waals surface area contributed by atoms with Crippen molar-refractivity contribution >= 4 is 11.8 Å². The number of nitrogens with one attached hydrogen (secondary N) is 1. The number of rotatable bonds is 6. The van der Waals surface area contributed by atoms with E-state index in [-0.39, 0.29) is 29.7 Å². The summed E-state index contributed by atoms with van der Waals surface area (Å²) in [5, 5.41) is 2.89. The van der Waals surface area contributed by atoms with Gasteiger partial charge in [0.2, 0.25) is 5.91 Å². The van der Waals surface area contributed by atoms with Gasteiger partial charge in [-0.15, -0.1) is 0 Å². The molecule has 1 N–H and O–H groups in total. The van der Waals surface area contributed by atoms with Crippen molar-refractivity contribution in [2.75, 3.05) is 13.1 Å². The Morgan fingerprint density at radius 2 is 1.90 bits per heavy atom. The van der Waals surface area contributed by atoms with E-state index in [0.29, 0.717) is 31.8 Å². The number of halogens is 2. The van der Waals surface area contributed by atoms with Crippen LogP contribution >= 0.6 is 0 Å². The number of aryl methyl sites for hydroxylation is 1. The number of carbonyl (C=O) groups excluding carboxylic acids is 2. The lowest BCUT2D eigenvalue weighted by molar-refractivity contribution is -0.121. The molecule has 1 fully saturated rings. The van der Waals surface area contributed by atoms with Crippen LogP contribution in [0, 0.1) is 17.6 Å². The van der Waals surface area contributed by atoms with E-state index in [4.69, 9.17) is 0 Å². The molecular formula is C21H24F2N4O2. The molecule has 1 aromatic heterocycles. The first kappa shape index (κ1) is 20.8. The third kappa shape index (κ3) is 4.75. The van der Waals surface area contributed by atoms with E-state index in [1.54, 1.807) is 17.0 Å². The number of aromatic nitrogens is 2. The van der Waals surface area contributed by atoms with E-state index >= 15 is 0 Å². The van der Waals surface area contributed by atoms with Crippen molar-refractivity contribution < 1.29 is 18.4 Å². The van der Waals surface area contributed by atoms with E-state index in [2.05, 4.69) is 15.3 Å². The third-order valence-electron chi connectivity index (χ3n) is 5.54. The number of carbonyl (C=O) groups is 2. The molecule has 0 saturated carbocycles. The summed E-state index contributed by atoms with van der Waals surface area (Å²) in [6.45, 7) is 4.78. The van der Waals surface area contributed by atoms with Crippen molar-refractivity contribution in [3.63, 3.8) is 0 Å². The van der Waals surface area contributed by atoms with Crippen LogP contribution in [0.4, 0.5) is 8.78 Å². The van der Waals surface area contributed by atoms with E-state index in [1.165, 1.54) is 12.1 Å².